The summed E-state index contributed by atoms with van der Waals surface area (Å²) in [5.41, 5.74) is 8.07. The minimum Gasteiger partial charge on any atom is -0.489 e. The number of nitrogens with zero attached hydrogens (tertiary/aromatic N) is 1. The summed E-state index contributed by atoms with van der Waals surface area (Å²) >= 11 is 0. The van der Waals surface area contributed by atoms with Gasteiger partial charge >= 0.3 is 0 Å². The minimum atomic E-state index is -0.419. The van der Waals surface area contributed by atoms with E-state index in [9.17, 15) is 9.59 Å². The van der Waals surface area contributed by atoms with Crippen molar-refractivity contribution in [2.45, 2.75) is 19.4 Å². The lowest BCUT2D eigenvalue weighted by Gasteiger charge is -2.22. The zero-order chi connectivity index (χ0) is 21.2. The number of carbonyl (C=O) groups excluding carboxylic acids is 2. The zero-order valence-electron chi connectivity index (χ0n) is 16.9. The fourth-order valence-corrected chi connectivity index (χ4v) is 3.09. The molecule has 0 fully saturated rings. The average molecular weight is 402 g/mol. The van der Waals surface area contributed by atoms with Crippen LogP contribution in [0.2, 0.25) is 0 Å². The third-order valence-corrected chi connectivity index (χ3v) is 4.78. The molecule has 0 saturated carbocycles. The van der Waals surface area contributed by atoms with Crippen LogP contribution in [0, 0.1) is 0 Å². The van der Waals surface area contributed by atoms with Gasteiger partial charge in [0.05, 0.1) is 0 Å². The highest BCUT2D eigenvalue weighted by Gasteiger charge is 2.16. The summed E-state index contributed by atoms with van der Waals surface area (Å²) in [6, 6.07) is 26.9. The molecule has 3 rings (SSSR count). The van der Waals surface area contributed by atoms with Crippen LogP contribution in [-0.4, -0.2) is 29.8 Å². The van der Waals surface area contributed by atoms with E-state index < -0.39 is 5.91 Å². The molecule has 5 nitrogen and oxygen atoms in total. The number of hydrogen-bond donors (Lipinski definition) is 1. The van der Waals surface area contributed by atoms with Gasteiger partial charge in [-0.1, -0.05) is 60.7 Å². The standard InChI is InChI=1S/C25H26N2O3/c26-24(28)16-18-27(17-15-20-7-3-1-4-8-20)25(29)22-11-13-23(14-12-22)30-19-21-9-5-2-6-10-21/h1-14H,15-19H2,(H2,26,28). The van der Waals surface area contributed by atoms with Gasteiger partial charge in [0.15, 0.2) is 0 Å². The molecular formula is C25H26N2O3. The van der Waals surface area contributed by atoms with Crippen molar-refractivity contribution in [2.24, 2.45) is 5.73 Å². The lowest BCUT2D eigenvalue weighted by Crippen LogP contribution is -2.35. The summed E-state index contributed by atoms with van der Waals surface area (Å²) in [5, 5.41) is 0. The predicted molar refractivity (Wildman–Crippen MR) is 117 cm³/mol. The highest BCUT2D eigenvalue weighted by Crippen LogP contribution is 2.16. The van der Waals surface area contributed by atoms with E-state index in [1.807, 2.05) is 60.7 Å². The van der Waals surface area contributed by atoms with Gasteiger partial charge in [-0.15, -0.1) is 0 Å². The molecule has 0 aromatic heterocycles. The van der Waals surface area contributed by atoms with Crippen molar-refractivity contribution in [3.05, 3.63) is 102 Å². The van der Waals surface area contributed by atoms with E-state index in [1.54, 1.807) is 29.2 Å². The van der Waals surface area contributed by atoms with Gasteiger partial charge < -0.3 is 15.4 Å². The molecule has 0 radical (unpaired) electrons. The molecule has 30 heavy (non-hydrogen) atoms. The van der Waals surface area contributed by atoms with E-state index in [1.165, 1.54) is 0 Å². The maximum atomic E-state index is 13.0. The number of rotatable bonds is 10. The second kappa shape index (κ2) is 10.8. The molecule has 2 N–H and O–H groups in total. The fourth-order valence-electron chi connectivity index (χ4n) is 3.09. The third-order valence-electron chi connectivity index (χ3n) is 4.78. The van der Waals surface area contributed by atoms with Crippen LogP contribution in [0.15, 0.2) is 84.9 Å². The van der Waals surface area contributed by atoms with Gasteiger partial charge in [-0.2, -0.15) is 0 Å². The Labute approximate surface area is 177 Å². The van der Waals surface area contributed by atoms with Crippen LogP contribution < -0.4 is 10.5 Å². The monoisotopic (exact) mass is 402 g/mol. The van der Waals surface area contributed by atoms with Crippen molar-refractivity contribution in [1.82, 2.24) is 4.90 Å². The molecule has 0 heterocycles. The smallest absolute Gasteiger partial charge is 0.253 e. The average Bonchev–Trinajstić information content (AvgIpc) is 2.79. The summed E-state index contributed by atoms with van der Waals surface area (Å²) in [7, 11) is 0. The lowest BCUT2D eigenvalue weighted by atomic mass is 10.1. The molecule has 5 heteroatoms. The van der Waals surface area contributed by atoms with Crippen LogP contribution in [0.1, 0.15) is 27.9 Å². The molecule has 0 saturated heterocycles. The molecular weight excluding hydrogens is 376 g/mol. The van der Waals surface area contributed by atoms with Gasteiger partial charge in [-0.05, 0) is 41.8 Å². The Hall–Kier alpha value is -3.60. The number of hydrogen-bond acceptors (Lipinski definition) is 3. The quantitative estimate of drug-likeness (QED) is 0.560. The first-order chi connectivity index (χ1) is 14.6. The summed E-state index contributed by atoms with van der Waals surface area (Å²) in [4.78, 5) is 25.9. The molecule has 154 valence electrons. The van der Waals surface area contributed by atoms with Gasteiger partial charge in [-0.3, -0.25) is 9.59 Å². The summed E-state index contributed by atoms with van der Waals surface area (Å²) in [6.45, 7) is 1.28. The third kappa shape index (κ3) is 6.48. The van der Waals surface area contributed by atoms with Crippen LogP contribution in [0.4, 0.5) is 0 Å². The van der Waals surface area contributed by atoms with E-state index in [4.69, 9.17) is 10.5 Å². The first-order valence-corrected chi connectivity index (χ1v) is 10.00. The SMILES string of the molecule is NC(=O)CCN(CCc1ccccc1)C(=O)c1ccc(OCc2ccccc2)cc1. The number of primary amides is 1. The number of carbonyl (C=O) groups is 2. The number of benzene rings is 3. The van der Waals surface area contributed by atoms with Crippen molar-refractivity contribution in [3.63, 3.8) is 0 Å². The van der Waals surface area contributed by atoms with Crippen LogP contribution in [-0.2, 0) is 17.8 Å². The Morgan fingerprint density at radius 1 is 0.767 bits per heavy atom. The van der Waals surface area contributed by atoms with E-state index in [0.29, 0.717) is 37.4 Å². The molecule has 0 aliphatic heterocycles. The summed E-state index contributed by atoms with van der Waals surface area (Å²) < 4.78 is 5.79. The van der Waals surface area contributed by atoms with E-state index >= 15 is 0 Å². The molecule has 0 atom stereocenters. The molecule has 3 aromatic carbocycles. The largest absolute Gasteiger partial charge is 0.489 e. The van der Waals surface area contributed by atoms with Crippen molar-refractivity contribution < 1.29 is 14.3 Å². The van der Waals surface area contributed by atoms with Crippen LogP contribution in [0.5, 0.6) is 5.75 Å². The van der Waals surface area contributed by atoms with Crippen molar-refractivity contribution in [3.8, 4) is 5.75 Å². The highest BCUT2D eigenvalue weighted by atomic mass is 16.5. The van der Waals surface area contributed by atoms with Crippen LogP contribution in [0.25, 0.3) is 0 Å². The van der Waals surface area contributed by atoms with E-state index in [0.717, 1.165) is 11.1 Å². The van der Waals surface area contributed by atoms with Gasteiger partial charge in [0, 0.05) is 25.1 Å². The van der Waals surface area contributed by atoms with Crippen LogP contribution >= 0.6 is 0 Å². The predicted octanol–water partition coefficient (Wildman–Crippen LogP) is 3.83. The number of amides is 2. The first-order valence-electron chi connectivity index (χ1n) is 10.00. The van der Waals surface area contributed by atoms with E-state index in [2.05, 4.69) is 0 Å². The molecule has 0 unspecified atom stereocenters. The summed E-state index contributed by atoms with van der Waals surface area (Å²) in [5.74, 6) is 0.155. The normalized spacial score (nSPS) is 10.4. The Morgan fingerprint density at radius 3 is 1.97 bits per heavy atom. The molecule has 0 aliphatic rings. The molecule has 2 amide bonds. The van der Waals surface area contributed by atoms with Crippen LogP contribution in [0.3, 0.4) is 0 Å². The molecule has 0 bridgehead atoms. The topological polar surface area (TPSA) is 72.6 Å². The second-order valence-electron chi connectivity index (χ2n) is 7.04. The maximum Gasteiger partial charge on any atom is 0.253 e. The van der Waals surface area contributed by atoms with Gasteiger partial charge in [0.2, 0.25) is 5.91 Å². The lowest BCUT2D eigenvalue weighted by molar-refractivity contribution is -0.118. The molecule has 3 aromatic rings. The van der Waals surface area contributed by atoms with E-state index in [-0.39, 0.29) is 12.3 Å². The fraction of sp³-hybridized carbons (Fsp3) is 0.200. The zero-order valence-corrected chi connectivity index (χ0v) is 16.9. The van der Waals surface area contributed by atoms with Crippen molar-refractivity contribution in [1.29, 1.82) is 0 Å². The van der Waals surface area contributed by atoms with Crippen molar-refractivity contribution >= 4 is 11.8 Å². The molecule has 0 aliphatic carbocycles. The highest BCUT2D eigenvalue weighted by molar-refractivity contribution is 5.94. The Balaban J connectivity index is 1.62. The second-order valence-corrected chi connectivity index (χ2v) is 7.04. The minimum absolute atomic E-state index is 0.123. The number of nitrogens with two attached hydrogens (primary N) is 1. The Kier molecular flexibility index (Phi) is 7.61. The molecule has 0 spiro atoms. The Morgan fingerprint density at radius 2 is 1.37 bits per heavy atom. The summed E-state index contributed by atoms with van der Waals surface area (Å²) in [6.07, 6.45) is 0.850. The Bertz CT molecular complexity index is 941. The van der Waals surface area contributed by atoms with Gasteiger partial charge in [-0.25, -0.2) is 0 Å². The maximum absolute atomic E-state index is 13.0. The van der Waals surface area contributed by atoms with Gasteiger partial charge in [0.1, 0.15) is 12.4 Å². The first kappa shape index (κ1) is 21.1. The number of ether oxygens (including phenoxy) is 1. The van der Waals surface area contributed by atoms with Crippen molar-refractivity contribution in [2.75, 3.05) is 13.1 Å². The van der Waals surface area contributed by atoms with Gasteiger partial charge in [0.25, 0.3) is 5.91 Å².